The monoisotopic (exact) mass is 418 g/mol. The Morgan fingerprint density at radius 1 is 1.00 bits per heavy atom. The summed E-state index contributed by atoms with van der Waals surface area (Å²) >= 11 is 6.13. The molecule has 0 aliphatic carbocycles. The number of nitrogens with one attached hydrogen (secondary N) is 1. The number of aromatic amines is 1. The molecular weight excluding hydrogens is 403 g/mol. The van der Waals surface area contributed by atoms with Gasteiger partial charge in [0, 0.05) is 18.0 Å². The van der Waals surface area contributed by atoms with Crippen molar-refractivity contribution < 1.29 is 9.13 Å². The minimum atomic E-state index is -0.429. The normalized spacial score (nSPS) is 15.7. The number of halogens is 2. The van der Waals surface area contributed by atoms with Crippen LogP contribution in [0.2, 0.25) is 5.02 Å². The largest absolute Gasteiger partial charge is 0.466 e. The Labute approximate surface area is 177 Å². The second-order valence-electron chi connectivity index (χ2n) is 6.83. The quantitative estimate of drug-likeness (QED) is 0.479. The number of aromatic nitrogens is 3. The van der Waals surface area contributed by atoms with Crippen LogP contribution in [-0.2, 0) is 4.74 Å². The van der Waals surface area contributed by atoms with Crippen molar-refractivity contribution in [1.29, 1.82) is 0 Å². The molecule has 2 aromatic heterocycles. The van der Waals surface area contributed by atoms with Crippen molar-refractivity contribution in [3.05, 3.63) is 95.2 Å². The molecule has 4 aromatic rings. The van der Waals surface area contributed by atoms with Gasteiger partial charge in [0.2, 0.25) is 5.90 Å². The molecule has 1 N–H and O–H groups in total. The van der Waals surface area contributed by atoms with E-state index in [-0.39, 0.29) is 11.7 Å². The van der Waals surface area contributed by atoms with Gasteiger partial charge < -0.3 is 9.72 Å². The van der Waals surface area contributed by atoms with Gasteiger partial charge in [-0.2, -0.15) is 0 Å². The molecule has 5 nitrogen and oxygen atoms in total. The summed E-state index contributed by atoms with van der Waals surface area (Å²) in [5, 5.41) is 0.300. The Hall–Kier alpha value is -3.51. The van der Waals surface area contributed by atoms with Crippen LogP contribution in [-0.4, -0.2) is 27.4 Å². The molecule has 0 amide bonds. The van der Waals surface area contributed by atoms with Crippen molar-refractivity contribution in [2.75, 3.05) is 6.54 Å². The SMILES string of the molecule is Fc1cccc(Cl)c1-c1nc(-c2ccc(C3=NCC(c4ccccc4)O3)nc2)c[nH]1. The number of H-pyrrole nitrogens is 1. The van der Waals surface area contributed by atoms with E-state index >= 15 is 0 Å². The smallest absolute Gasteiger partial charge is 0.236 e. The summed E-state index contributed by atoms with van der Waals surface area (Å²) in [5.74, 6) is 0.462. The Kier molecular flexibility index (Phi) is 4.77. The summed E-state index contributed by atoms with van der Waals surface area (Å²) in [5.41, 5.74) is 3.41. The molecule has 2 aromatic carbocycles. The van der Waals surface area contributed by atoms with Gasteiger partial charge in [-0.1, -0.05) is 48.0 Å². The van der Waals surface area contributed by atoms with Gasteiger partial charge in [-0.15, -0.1) is 0 Å². The highest BCUT2D eigenvalue weighted by Crippen LogP contribution is 2.30. The number of hydrogen-bond donors (Lipinski definition) is 1. The van der Waals surface area contributed by atoms with E-state index in [0.717, 1.165) is 11.1 Å². The van der Waals surface area contributed by atoms with Crippen molar-refractivity contribution in [3.63, 3.8) is 0 Å². The lowest BCUT2D eigenvalue weighted by atomic mass is 10.1. The lowest BCUT2D eigenvalue weighted by molar-refractivity contribution is 0.230. The van der Waals surface area contributed by atoms with Crippen LogP contribution in [0.5, 0.6) is 0 Å². The topological polar surface area (TPSA) is 63.2 Å². The summed E-state index contributed by atoms with van der Waals surface area (Å²) < 4.78 is 20.1. The zero-order valence-corrected chi connectivity index (χ0v) is 16.5. The third-order valence-corrected chi connectivity index (χ3v) is 5.20. The molecule has 1 atom stereocenters. The predicted molar refractivity (Wildman–Crippen MR) is 114 cm³/mol. The Balaban J connectivity index is 1.35. The standard InChI is InChI=1S/C23H16ClFN4O/c24-16-7-4-8-17(25)21(16)22-27-12-19(29-22)15-9-10-18(26-11-15)23-28-13-20(30-23)14-5-2-1-3-6-14/h1-12,20H,13H2,(H,27,29). The van der Waals surface area contributed by atoms with Crippen LogP contribution in [0.1, 0.15) is 17.4 Å². The van der Waals surface area contributed by atoms with E-state index in [2.05, 4.69) is 19.9 Å². The number of pyridine rings is 1. The Morgan fingerprint density at radius 3 is 2.63 bits per heavy atom. The van der Waals surface area contributed by atoms with E-state index in [4.69, 9.17) is 16.3 Å². The second kappa shape index (κ2) is 7.72. The fraction of sp³-hybridized carbons (Fsp3) is 0.0870. The number of ether oxygens (including phenoxy) is 1. The highest BCUT2D eigenvalue weighted by molar-refractivity contribution is 6.33. The van der Waals surface area contributed by atoms with Crippen LogP contribution >= 0.6 is 11.6 Å². The van der Waals surface area contributed by atoms with Crippen LogP contribution < -0.4 is 0 Å². The van der Waals surface area contributed by atoms with Crippen LogP contribution in [0.3, 0.4) is 0 Å². The summed E-state index contributed by atoms with van der Waals surface area (Å²) in [7, 11) is 0. The fourth-order valence-corrected chi connectivity index (χ4v) is 3.60. The van der Waals surface area contributed by atoms with Gasteiger partial charge in [0.25, 0.3) is 0 Å². The van der Waals surface area contributed by atoms with E-state index in [1.807, 2.05) is 42.5 Å². The predicted octanol–water partition coefficient (Wildman–Crippen LogP) is 5.45. The molecule has 3 heterocycles. The first-order valence-electron chi connectivity index (χ1n) is 9.41. The maximum Gasteiger partial charge on any atom is 0.236 e. The molecule has 1 aliphatic heterocycles. The lowest BCUT2D eigenvalue weighted by Crippen LogP contribution is -2.07. The molecule has 0 saturated carbocycles. The maximum atomic E-state index is 14.1. The maximum absolute atomic E-state index is 14.1. The molecular formula is C23H16ClFN4O. The first kappa shape index (κ1) is 18.5. The van der Waals surface area contributed by atoms with Crippen molar-refractivity contribution >= 4 is 17.5 Å². The van der Waals surface area contributed by atoms with E-state index in [1.54, 1.807) is 24.5 Å². The molecule has 30 heavy (non-hydrogen) atoms. The molecule has 0 fully saturated rings. The number of nitrogens with zero attached hydrogens (tertiary/aromatic N) is 3. The lowest BCUT2D eigenvalue weighted by Gasteiger charge is -2.11. The summed E-state index contributed by atoms with van der Waals surface area (Å²) in [4.78, 5) is 16.4. The molecule has 1 aliphatic rings. The zero-order chi connectivity index (χ0) is 20.5. The van der Waals surface area contributed by atoms with Crippen LogP contribution in [0.25, 0.3) is 22.6 Å². The highest BCUT2D eigenvalue weighted by atomic mass is 35.5. The van der Waals surface area contributed by atoms with Gasteiger partial charge in [-0.3, -0.25) is 4.98 Å². The minimum absolute atomic E-state index is 0.0953. The number of rotatable bonds is 4. The van der Waals surface area contributed by atoms with Gasteiger partial charge in [0.15, 0.2) is 0 Å². The molecule has 0 spiro atoms. The summed E-state index contributed by atoms with van der Waals surface area (Å²) in [6.45, 7) is 0.564. The first-order chi connectivity index (χ1) is 14.7. The molecule has 148 valence electrons. The van der Waals surface area contributed by atoms with Crippen LogP contribution in [0.4, 0.5) is 4.39 Å². The molecule has 1 unspecified atom stereocenters. The third kappa shape index (κ3) is 3.46. The first-order valence-corrected chi connectivity index (χ1v) is 9.79. The van der Waals surface area contributed by atoms with Crippen molar-refractivity contribution in [2.24, 2.45) is 4.99 Å². The van der Waals surface area contributed by atoms with E-state index in [1.165, 1.54) is 6.07 Å². The average molecular weight is 419 g/mol. The van der Waals surface area contributed by atoms with Gasteiger partial charge in [0.05, 0.1) is 22.8 Å². The van der Waals surface area contributed by atoms with E-state index in [0.29, 0.717) is 34.7 Å². The molecule has 0 bridgehead atoms. The minimum Gasteiger partial charge on any atom is -0.466 e. The van der Waals surface area contributed by atoms with Gasteiger partial charge >= 0.3 is 0 Å². The van der Waals surface area contributed by atoms with Crippen molar-refractivity contribution in [1.82, 2.24) is 15.0 Å². The van der Waals surface area contributed by atoms with Crippen molar-refractivity contribution in [3.8, 4) is 22.6 Å². The number of hydrogen-bond acceptors (Lipinski definition) is 4. The molecule has 0 radical (unpaired) electrons. The third-order valence-electron chi connectivity index (χ3n) is 4.88. The van der Waals surface area contributed by atoms with Gasteiger partial charge in [0.1, 0.15) is 23.4 Å². The number of benzene rings is 2. The highest BCUT2D eigenvalue weighted by Gasteiger charge is 2.23. The fourth-order valence-electron chi connectivity index (χ4n) is 3.35. The molecule has 0 saturated heterocycles. The molecule has 7 heteroatoms. The Morgan fingerprint density at radius 2 is 1.87 bits per heavy atom. The summed E-state index contributed by atoms with van der Waals surface area (Å²) in [6.07, 6.45) is 3.30. The Bertz CT molecular complexity index is 1200. The average Bonchev–Trinajstić information content (AvgIpc) is 3.45. The van der Waals surface area contributed by atoms with Gasteiger partial charge in [-0.25, -0.2) is 14.4 Å². The van der Waals surface area contributed by atoms with Crippen LogP contribution in [0.15, 0.2) is 78.0 Å². The van der Waals surface area contributed by atoms with E-state index < -0.39 is 5.82 Å². The molecule has 5 rings (SSSR count). The zero-order valence-electron chi connectivity index (χ0n) is 15.7. The van der Waals surface area contributed by atoms with Crippen LogP contribution in [0, 0.1) is 5.82 Å². The van der Waals surface area contributed by atoms with Gasteiger partial charge in [-0.05, 0) is 29.8 Å². The second-order valence-corrected chi connectivity index (χ2v) is 7.23. The van der Waals surface area contributed by atoms with E-state index in [9.17, 15) is 4.39 Å². The number of imidazole rings is 1. The summed E-state index contributed by atoms with van der Waals surface area (Å²) in [6, 6.07) is 18.2. The van der Waals surface area contributed by atoms with Crippen molar-refractivity contribution in [2.45, 2.75) is 6.10 Å². The number of aliphatic imine (C=N–C) groups is 1.